The third-order valence-corrected chi connectivity index (χ3v) is 5.87. The fourth-order valence-corrected chi connectivity index (χ4v) is 4.40. The highest BCUT2D eigenvalue weighted by Gasteiger charge is 2.28. The van der Waals surface area contributed by atoms with Gasteiger partial charge in [0.15, 0.2) is 15.8 Å². The van der Waals surface area contributed by atoms with E-state index in [-0.39, 0.29) is 48.1 Å². The molecular weight excluding hydrogens is 485 g/mol. The van der Waals surface area contributed by atoms with Gasteiger partial charge in [0.2, 0.25) is 0 Å². The number of rotatable bonds is 7. The number of ether oxygens (including phenoxy) is 2. The minimum Gasteiger partial charge on any atom is -0.497 e. The van der Waals surface area contributed by atoms with E-state index in [9.17, 15) is 13.5 Å². The monoisotopic (exact) mass is 513 g/mol. The number of nitrogens with zero attached hydrogens (tertiary/aromatic N) is 1. The number of hydrogen-bond donors (Lipinski definition) is 3. The molecule has 2 unspecified atom stereocenters. The largest absolute Gasteiger partial charge is 0.497 e. The number of aliphatic hydroxyl groups is 1. The van der Waals surface area contributed by atoms with Crippen molar-refractivity contribution in [1.82, 2.24) is 10.6 Å². The van der Waals surface area contributed by atoms with E-state index in [4.69, 9.17) is 9.47 Å². The van der Waals surface area contributed by atoms with Crippen molar-refractivity contribution in [3.8, 4) is 11.5 Å². The first kappa shape index (κ1) is 23.8. The quantitative estimate of drug-likeness (QED) is 0.285. The van der Waals surface area contributed by atoms with E-state index >= 15 is 0 Å². The topological polar surface area (TPSA) is 109 Å². The molecule has 0 saturated carbocycles. The number of halogens is 1. The summed E-state index contributed by atoms with van der Waals surface area (Å²) in [5, 5.41) is 16.6. The van der Waals surface area contributed by atoms with Crippen LogP contribution in [0.1, 0.15) is 25.0 Å². The summed E-state index contributed by atoms with van der Waals surface area (Å²) in [6, 6.07) is 5.03. The summed E-state index contributed by atoms with van der Waals surface area (Å²) in [6.07, 6.45) is -0.288. The van der Waals surface area contributed by atoms with Crippen LogP contribution in [0.5, 0.6) is 11.5 Å². The smallest absolute Gasteiger partial charge is 0.191 e. The second-order valence-electron chi connectivity index (χ2n) is 6.13. The van der Waals surface area contributed by atoms with Gasteiger partial charge in [0.1, 0.15) is 11.5 Å². The number of aliphatic hydroxyl groups excluding tert-OH is 1. The minimum atomic E-state index is -2.97. The standard InChI is InChI=1S/C17H27N3O5S.HI/c1-4-18-17(20-13-5-6-26(22,23)11-13)19-10-16(21)12-7-14(24-2)9-15(8-12)25-3;/h7-9,13,16,21H,4-6,10-11H2,1-3H3,(H2,18,19,20);1H. The van der Waals surface area contributed by atoms with Crippen molar-refractivity contribution in [3.63, 3.8) is 0 Å². The molecule has 2 rings (SSSR count). The van der Waals surface area contributed by atoms with E-state index in [1.807, 2.05) is 6.92 Å². The van der Waals surface area contributed by atoms with Crippen molar-refractivity contribution >= 4 is 39.8 Å². The summed E-state index contributed by atoms with van der Waals surface area (Å²) in [5.41, 5.74) is 0.629. The summed E-state index contributed by atoms with van der Waals surface area (Å²) in [5.74, 6) is 1.96. The normalized spacial score (nSPS) is 19.7. The van der Waals surface area contributed by atoms with Crippen LogP contribution in [-0.4, -0.2) is 64.3 Å². The minimum absolute atomic E-state index is 0. The summed E-state index contributed by atoms with van der Waals surface area (Å²) in [6.45, 7) is 2.67. The second kappa shape index (κ2) is 10.9. The molecule has 8 nitrogen and oxygen atoms in total. The molecule has 1 aliphatic rings. The zero-order chi connectivity index (χ0) is 19.2. The molecule has 27 heavy (non-hydrogen) atoms. The molecule has 0 bridgehead atoms. The van der Waals surface area contributed by atoms with Gasteiger partial charge in [-0.15, -0.1) is 24.0 Å². The lowest BCUT2D eigenvalue weighted by Gasteiger charge is -2.17. The fraction of sp³-hybridized carbons (Fsp3) is 0.588. The Morgan fingerprint density at radius 3 is 2.41 bits per heavy atom. The number of aliphatic imine (C=N–C) groups is 1. The molecule has 1 heterocycles. The van der Waals surface area contributed by atoms with Gasteiger partial charge in [-0.05, 0) is 31.0 Å². The van der Waals surface area contributed by atoms with E-state index in [0.29, 0.717) is 36.0 Å². The van der Waals surface area contributed by atoms with Crippen LogP contribution in [0.15, 0.2) is 23.2 Å². The zero-order valence-electron chi connectivity index (χ0n) is 15.8. The van der Waals surface area contributed by atoms with Crippen LogP contribution in [0.3, 0.4) is 0 Å². The van der Waals surface area contributed by atoms with Gasteiger partial charge in [-0.25, -0.2) is 8.42 Å². The number of methoxy groups -OCH3 is 2. The van der Waals surface area contributed by atoms with Crippen molar-refractivity contribution in [2.24, 2.45) is 4.99 Å². The highest BCUT2D eigenvalue weighted by molar-refractivity contribution is 14.0. The molecule has 1 aromatic carbocycles. The Kier molecular flexibility index (Phi) is 9.60. The third kappa shape index (κ3) is 7.34. The fourth-order valence-electron chi connectivity index (χ4n) is 2.73. The van der Waals surface area contributed by atoms with Gasteiger partial charge in [0.25, 0.3) is 0 Å². The molecule has 0 aliphatic carbocycles. The molecule has 1 aliphatic heterocycles. The average Bonchev–Trinajstić information content (AvgIpc) is 2.97. The molecule has 0 spiro atoms. The van der Waals surface area contributed by atoms with Gasteiger partial charge >= 0.3 is 0 Å². The highest BCUT2D eigenvalue weighted by atomic mass is 127. The first-order valence-corrected chi connectivity index (χ1v) is 10.3. The van der Waals surface area contributed by atoms with Crippen LogP contribution < -0.4 is 20.1 Å². The Morgan fingerprint density at radius 2 is 1.93 bits per heavy atom. The number of sulfone groups is 1. The van der Waals surface area contributed by atoms with Crippen LogP contribution in [0, 0.1) is 0 Å². The van der Waals surface area contributed by atoms with E-state index in [1.54, 1.807) is 32.4 Å². The first-order chi connectivity index (χ1) is 12.4. The Hall–Kier alpha value is -1.27. The van der Waals surface area contributed by atoms with E-state index < -0.39 is 15.9 Å². The molecular formula is C17H28IN3O5S. The van der Waals surface area contributed by atoms with Crippen molar-refractivity contribution in [2.75, 3.05) is 38.8 Å². The predicted octanol–water partition coefficient (Wildman–Crippen LogP) is 1.10. The molecule has 0 aromatic heterocycles. The van der Waals surface area contributed by atoms with Crippen LogP contribution in [-0.2, 0) is 9.84 Å². The first-order valence-electron chi connectivity index (χ1n) is 8.53. The van der Waals surface area contributed by atoms with Gasteiger partial charge < -0.3 is 25.2 Å². The summed E-state index contributed by atoms with van der Waals surface area (Å²) in [7, 11) is 0.127. The van der Waals surface area contributed by atoms with E-state index in [0.717, 1.165) is 0 Å². The third-order valence-electron chi connectivity index (χ3n) is 4.10. The lowest BCUT2D eigenvalue weighted by Crippen LogP contribution is -2.44. The lowest BCUT2D eigenvalue weighted by molar-refractivity contribution is 0.186. The molecule has 0 amide bonds. The number of hydrogen-bond acceptors (Lipinski definition) is 6. The van der Waals surface area contributed by atoms with E-state index in [1.165, 1.54) is 0 Å². The molecule has 0 radical (unpaired) electrons. The highest BCUT2D eigenvalue weighted by Crippen LogP contribution is 2.26. The summed E-state index contributed by atoms with van der Waals surface area (Å²) < 4.78 is 33.6. The molecule has 1 fully saturated rings. The zero-order valence-corrected chi connectivity index (χ0v) is 18.9. The number of guanidine groups is 1. The average molecular weight is 513 g/mol. The molecule has 2 atom stereocenters. The maximum Gasteiger partial charge on any atom is 0.191 e. The number of nitrogens with one attached hydrogen (secondary N) is 2. The Balaban J connectivity index is 0.00000364. The van der Waals surface area contributed by atoms with E-state index in [2.05, 4.69) is 15.6 Å². The van der Waals surface area contributed by atoms with Crippen LogP contribution in [0.2, 0.25) is 0 Å². The van der Waals surface area contributed by atoms with Gasteiger partial charge in [-0.3, -0.25) is 4.99 Å². The Labute approximate surface area is 177 Å². The van der Waals surface area contributed by atoms with Crippen LogP contribution in [0.4, 0.5) is 0 Å². The van der Waals surface area contributed by atoms with Gasteiger partial charge in [-0.1, -0.05) is 0 Å². The van der Waals surface area contributed by atoms with Crippen LogP contribution >= 0.6 is 24.0 Å². The predicted molar refractivity (Wildman–Crippen MR) is 116 cm³/mol. The second-order valence-corrected chi connectivity index (χ2v) is 8.35. The number of benzene rings is 1. The van der Waals surface area contributed by atoms with Crippen molar-refractivity contribution in [2.45, 2.75) is 25.5 Å². The summed E-state index contributed by atoms with van der Waals surface area (Å²) >= 11 is 0. The van der Waals surface area contributed by atoms with Crippen molar-refractivity contribution in [3.05, 3.63) is 23.8 Å². The van der Waals surface area contributed by atoms with Gasteiger partial charge in [0, 0.05) is 18.7 Å². The molecule has 1 aromatic rings. The lowest BCUT2D eigenvalue weighted by atomic mass is 10.1. The SMILES string of the molecule is CCNC(=NCC(O)c1cc(OC)cc(OC)c1)NC1CCS(=O)(=O)C1.I. The Bertz CT molecular complexity index is 720. The molecule has 3 N–H and O–H groups in total. The Morgan fingerprint density at radius 1 is 1.30 bits per heavy atom. The molecule has 1 saturated heterocycles. The van der Waals surface area contributed by atoms with Crippen molar-refractivity contribution < 1.29 is 23.0 Å². The summed E-state index contributed by atoms with van der Waals surface area (Å²) in [4.78, 5) is 4.38. The molecule has 154 valence electrons. The van der Waals surface area contributed by atoms with Gasteiger partial charge in [0.05, 0.1) is 38.4 Å². The van der Waals surface area contributed by atoms with Gasteiger partial charge in [-0.2, -0.15) is 0 Å². The maximum atomic E-state index is 11.6. The van der Waals surface area contributed by atoms with Crippen LogP contribution in [0.25, 0.3) is 0 Å². The van der Waals surface area contributed by atoms with Crippen molar-refractivity contribution in [1.29, 1.82) is 0 Å². The maximum absolute atomic E-state index is 11.6. The molecule has 10 heteroatoms.